The van der Waals surface area contributed by atoms with Crippen LogP contribution in [0.3, 0.4) is 0 Å². The lowest BCUT2D eigenvalue weighted by Crippen LogP contribution is -2.30. The van der Waals surface area contributed by atoms with E-state index in [4.69, 9.17) is 0 Å². The summed E-state index contributed by atoms with van der Waals surface area (Å²) in [5.74, 6) is -1.09. The normalized spacial score (nSPS) is 21.4. The Labute approximate surface area is 154 Å². The predicted molar refractivity (Wildman–Crippen MR) is 98.1 cm³/mol. The van der Waals surface area contributed by atoms with E-state index in [-0.39, 0.29) is 17.1 Å². The number of hydrogen-bond donors (Lipinski definition) is 3. The van der Waals surface area contributed by atoms with Gasteiger partial charge in [-0.15, -0.1) is 0 Å². The predicted octanol–water partition coefficient (Wildman–Crippen LogP) is 3.10. The molecule has 2 aromatic rings. The third-order valence-electron chi connectivity index (χ3n) is 4.77. The maximum Gasteiger partial charge on any atom is 0.353 e. The molecule has 6 nitrogen and oxygen atoms in total. The van der Waals surface area contributed by atoms with Gasteiger partial charge in [0.25, 0.3) is 0 Å². The molecule has 0 saturated carbocycles. The maximum atomic E-state index is 13.4. The highest BCUT2D eigenvalue weighted by molar-refractivity contribution is 8.03. The molecule has 3 heterocycles. The first kappa shape index (κ1) is 17.1. The molecule has 2 aliphatic rings. The molecule has 0 aliphatic carbocycles. The van der Waals surface area contributed by atoms with E-state index in [1.165, 1.54) is 12.1 Å². The van der Waals surface area contributed by atoms with E-state index in [1.807, 2.05) is 0 Å². The lowest BCUT2D eigenvalue weighted by molar-refractivity contribution is -0.132. The summed E-state index contributed by atoms with van der Waals surface area (Å²) in [5.41, 5.74) is 1.84. The fourth-order valence-corrected chi connectivity index (χ4v) is 5.09. The maximum absolute atomic E-state index is 13.4. The first-order valence-electron chi connectivity index (χ1n) is 8.53. The molecule has 1 unspecified atom stereocenters. The first-order valence-corrected chi connectivity index (χ1v) is 9.41. The third kappa shape index (κ3) is 3.10. The average molecular weight is 374 g/mol. The Balaban J connectivity index is 1.80. The molecule has 1 fully saturated rings. The minimum Gasteiger partial charge on any atom is -0.477 e. The molecular formula is C18H19FN4O2S. The summed E-state index contributed by atoms with van der Waals surface area (Å²) in [5, 5.41) is 19.9. The summed E-state index contributed by atoms with van der Waals surface area (Å²) in [7, 11) is 0. The van der Waals surface area contributed by atoms with E-state index in [0.29, 0.717) is 11.4 Å². The fraction of sp³-hybridized carbons (Fsp3) is 0.333. The van der Waals surface area contributed by atoms with Crippen molar-refractivity contribution >= 4 is 23.4 Å². The quantitative estimate of drug-likeness (QED) is 0.763. The second-order valence-corrected chi connectivity index (χ2v) is 7.51. The molecule has 0 amide bonds. The van der Waals surface area contributed by atoms with Crippen LogP contribution in [0.4, 0.5) is 10.1 Å². The van der Waals surface area contributed by atoms with Gasteiger partial charge >= 0.3 is 5.97 Å². The van der Waals surface area contributed by atoms with Crippen LogP contribution in [0.1, 0.15) is 23.8 Å². The van der Waals surface area contributed by atoms with Gasteiger partial charge in [-0.3, -0.25) is 5.10 Å². The monoisotopic (exact) mass is 374 g/mol. The third-order valence-corrected chi connectivity index (χ3v) is 6.26. The highest BCUT2D eigenvalue weighted by Crippen LogP contribution is 2.53. The van der Waals surface area contributed by atoms with Crippen LogP contribution in [0.5, 0.6) is 0 Å². The number of piperidine rings is 1. The molecule has 0 spiro atoms. The fourth-order valence-electron chi connectivity index (χ4n) is 3.53. The Morgan fingerprint density at radius 2 is 2.00 bits per heavy atom. The highest BCUT2D eigenvalue weighted by Gasteiger charge is 2.41. The number of allylic oxidation sites excluding steroid dienone is 1. The Morgan fingerprint density at radius 3 is 2.62 bits per heavy atom. The second-order valence-electron chi connectivity index (χ2n) is 6.39. The zero-order chi connectivity index (χ0) is 18.1. The molecular weight excluding hydrogens is 355 g/mol. The van der Waals surface area contributed by atoms with E-state index < -0.39 is 5.97 Å². The molecule has 1 saturated heterocycles. The minimum atomic E-state index is -0.957. The molecule has 2 aliphatic heterocycles. The summed E-state index contributed by atoms with van der Waals surface area (Å²) in [6.07, 6.45) is 5.31. The summed E-state index contributed by atoms with van der Waals surface area (Å²) in [6.45, 7) is 1.77. The zero-order valence-corrected chi connectivity index (χ0v) is 14.8. The average Bonchev–Trinajstić information content (AvgIpc) is 3.30. The number of halogens is 1. The number of aromatic nitrogens is 2. The molecule has 1 atom stereocenters. The number of carboxylic acids is 1. The van der Waals surface area contributed by atoms with Crippen molar-refractivity contribution < 1.29 is 14.3 Å². The van der Waals surface area contributed by atoms with E-state index in [0.717, 1.165) is 36.4 Å². The molecule has 4 rings (SSSR count). The largest absolute Gasteiger partial charge is 0.477 e. The van der Waals surface area contributed by atoms with E-state index in [2.05, 4.69) is 15.5 Å². The van der Waals surface area contributed by atoms with Crippen molar-refractivity contribution in [2.75, 3.05) is 18.0 Å². The number of aromatic amines is 1. The van der Waals surface area contributed by atoms with Crippen LogP contribution in [0.2, 0.25) is 0 Å². The van der Waals surface area contributed by atoms with Crippen molar-refractivity contribution in [3.8, 4) is 0 Å². The molecule has 1 aromatic heterocycles. The van der Waals surface area contributed by atoms with Gasteiger partial charge in [-0.25, -0.2) is 9.18 Å². The topological polar surface area (TPSA) is 81.2 Å². The van der Waals surface area contributed by atoms with Crippen LogP contribution in [0.15, 0.2) is 47.3 Å². The number of nitrogens with one attached hydrogen (secondary N) is 2. The van der Waals surface area contributed by atoms with Gasteiger partial charge in [-0.05, 0) is 56.1 Å². The number of anilines is 1. The van der Waals surface area contributed by atoms with Gasteiger partial charge in [-0.2, -0.15) is 5.10 Å². The lowest BCUT2D eigenvalue weighted by atomic mass is 9.96. The molecule has 26 heavy (non-hydrogen) atoms. The molecule has 1 aromatic carbocycles. The standard InChI is InChI=1S/C18H19FN4O2S/c19-13-1-3-14(4-2-13)23-15(18(24)25)16(11-5-7-20-8-6-11)26-17(23)12-9-21-22-10-12/h1-4,9-11,17,20H,5-8H2,(H,21,22)(H,24,25). The molecule has 136 valence electrons. The van der Waals surface area contributed by atoms with Crippen molar-refractivity contribution in [1.82, 2.24) is 15.5 Å². The van der Waals surface area contributed by atoms with Crippen LogP contribution < -0.4 is 10.2 Å². The number of hydrogen-bond acceptors (Lipinski definition) is 5. The van der Waals surface area contributed by atoms with Crippen LogP contribution in [0, 0.1) is 11.7 Å². The summed E-state index contributed by atoms with van der Waals surface area (Å²) in [6, 6.07) is 5.96. The number of nitrogens with zero attached hydrogens (tertiary/aromatic N) is 2. The van der Waals surface area contributed by atoms with Crippen LogP contribution in [-0.2, 0) is 4.79 Å². The molecule has 0 bridgehead atoms. The summed E-state index contributed by atoms with van der Waals surface area (Å²) < 4.78 is 13.4. The van der Waals surface area contributed by atoms with Crippen LogP contribution in [0.25, 0.3) is 0 Å². The first-order chi connectivity index (χ1) is 12.6. The van der Waals surface area contributed by atoms with Gasteiger partial charge in [0.1, 0.15) is 16.9 Å². The van der Waals surface area contributed by atoms with Crippen LogP contribution >= 0.6 is 11.8 Å². The van der Waals surface area contributed by atoms with E-state index in [9.17, 15) is 14.3 Å². The van der Waals surface area contributed by atoms with Gasteiger partial charge < -0.3 is 15.3 Å². The van der Waals surface area contributed by atoms with Gasteiger partial charge in [0.05, 0.1) is 6.20 Å². The molecule has 0 radical (unpaired) electrons. The van der Waals surface area contributed by atoms with Gasteiger partial charge in [0.2, 0.25) is 0 Å². The van der Waals surface area contributed by atoms with Crippen molar-refractivity contribution in [1.29, 1.82) is 0 Å². The van der Waals surface area contributed by atoms with Crippen molar-refractivity contribution in [2.24, 2.45) is 5.92 Å². The lowest BCUT2D eigenvalue weighted by Gasteiger charge is -2.26. The van der Waals surface area contributed by atoms with E-state index >= 15 is 0 Å². The number of aliphatic carboxylic acids is 1. The number of thioether (sulfide) groups is 1. The van der Waals surface area contributed by atoms with E-state index in [1.54, 1.807) is 41.2 Å². The van der Waals surface area contributed by atoms with Gasteiger partial charge in [0.15, 0.2) is 0 Å². The number of carboxylic acid groups (broad SMARTS) is 1. The molecule has 3 N–H and O–H groups in total. The summed E-state index contributed by atoms with van der Waals surface area (Å²) >= 11 is 1.56. The Kier molecular flexibility index (Phi) is 4.69. The smallest absolute Gasteiger partial charge is 0.353 e. The Morgan fingerprint density at radius 1 is 1.27 bits per heavy atom. The number of H-pyrrole nitrogens is 1. The number of benzene rings is 1. The highest BCUT2D eigenvalue weighted by atomic mass is 32.2. The Bertz CT molecular complexity index is 816. The number of rotatable bonds is 4. The Hall–Kier alpha value is -2.32. The number of carbonyl (C=O) groups is 1. The van der Waals surface area contributed by atoms with Crippen LogP contribution in [-0.4, -0.2) is 34.4 Å². The SMILES string of the molecule is O=C(O)C1=C(C2CCNCC2)SC(c2cn[nH]c2)N1c1ccc(F)cc1. The second kappa shape index (κ2) is 7.13. The minimum absolute atomic E-state index is 0.215. The van der Waals surface area contributed by atoms with Gasteiger partial charge in [0, 0.05) is 22.4 Å². The van der Waals surface area contributed by atoms with Gasteiger partial charge in [-0.1, -0.05) is 11.8 Å². The molecule has 8 heteroatoms. The zero-order valence-electron chi connectivity index (χ0n) is 14.0. The van der Waals surface area contributed by atoms with Crippen molar-refractivity contribution in [3.63, 3.8) is 0 Å². The van der Waals surface area contributed by atoms with Crippen molar-refractivity contribution in [3.05, 3.63) is 58.6 Å². The summed E-state index contributed by atoms with van der Waals surface area (Å²) in [4.78, 5) is 14.9. The van der Waals surface area contributed by atoms with Crippen molar-refractivity contribution in [2.45, 2.75) is 18.2 Å².